The lowest BCUT2D eigenvalue weighted by molar-refractivity contribution is 0.112. The van der Waals surface area contributed by atoms with Crippen molar-refractivity contribution in [2.45, 2.75) is 6.54 Å². The van der Waals surface area contributed by atoms with Crippen LogP contribution in [0.25, 0.3) is 0 Å². The maximum absolute atomic E-state index is 11.4. The van der Waals surface area contributed by atoms with E-state index in [1.165, 1.54) is 10.6 Å². The number of hydrogen-bond donors (Lipinski definition) is 0. The molecular weight excluding hydrogens is 170 g/mol. The fourth-order valence-electron chi connectivity index (χ4n) is 1.01. The normalized spacial score (nSPS) is 9.92. The highest BCUT2D eigenvalue weighted by Crippen LogP contribution is 1.88. The zero-order chi connectivity index (χ0) is 9.68. The second-order valence-corrected chi connectivity index (χ2v) is 2.57. The van der Waals surface area contributed by atoms with Crippen LogP contribution < -0.4 is 5.56 Å². The Labute approximate surface area is 75.8 Å². The molecule has 1 aromatic heterocycles. The lowest BCUT2D eigenvalue weighted by Gasteiger charge is -2.03. The Bertz CT molecular complexity index is 343. The summed E-state index contributed by atoms with van der Waals surface area (Å²) in [5.74, 6) is 0. The molecule has 0 radical (unpaired) electrons. The van der Waals surface area contributed by atoms with Crippen molar-refractivity contribution in [1.29, 1.82) is 0 Å². The molecular formula is C9H11NO3. The molecule has 4 heteroatoms. The van der Waals surface area contributed by atoms with Crippen molar-refractivity contribution < 1.29 is 9.53 Å². The van der Waals surface area contributed by atoms with E-state index < -0.39 is 0 Å². The molecule has 0 N–H and O–H groups in total. The predicted octanol–water partition coefficient (Wildman–Crippen LogP) is 0.307. The monoisotopic (exact) mass is 181 g/mol. The first-order valence-corrected chi connectivity index (χ1v) is 3.93. The number of ether oxygens (including phenoxy) is 1. The van der Waals surface area contributed by atoms with Crippen LogP contribution in [-0.4, -0.2) is 24.6 Å². The van der Waals surface area contributed by atoms with E-state index in [0.717, 1.165) is 0 Å². The first-order valence-electron chi connectivity index (χ1n) is 3.93. The molecule has 70 valence electrons. The fraction of sp³-hybridized carbons (Fsp3) is 0.333. The molecule has 0 aliphatic carbocycles. The molecule has 4 nitrogen and oxygen atoms in total. The second-order valence-electron chi connectivity index (χ2n) is 2.57. The topological polar surface area (TPSA) is 48.3 Å². The van der Waals surface area contributed by atoms with E-state index in [1.807, 2.05) is 0 Å². The van der Waals surface area contributed by atoms with Crippen LogP contribution in [0.2, 0.25) is 0 Å². The Morgan fingerprint density at radius 1 is 1.62 bits per heavy atom. The van der Waals surface area contributed by atoms with Gasteiger partial charge in [-0.05, 0) is 12.1 Å². The molecule has 0 bridgehead atoms. The number of pyridine rings is 1. The van der Waals surface area contributed by atoms with Crippen molar-refractivity contribution in [1.82, 2.24) is 4.57 Å². The largest absolute Gasteiger partial charge is 0.383 e. The number of methoxy groups -OCH3 is 1. The number of nitrogens with zero attached hydrogens (tertiary/aromatic N) is 1. The number of aldehydes is 1. The lowest BCUT2D eigenvalue weighted by atomic mass is 10.3. The van der Waals surface area contributed by atoms with Gasteiger partial charge in [-0.1, -0.05) is 0 Å². The second kappa shape index (κ2) is 4.57. The molecule has 0 aliphatic rings. The van der Waals surface area contributed by atoms with Crippen LogP contribution in [0.4, 0.5) is 0 Å². The van der Waals surface area contributed by atoms with E-state index in [-0.39, 0.29) is 11.1 Å². The molecule has 0 saturated carbocycles. The summed E-state index contributed by atoms with van der Waals surface area (Å²) in [6.07, 6.45) is 2.19. The van der Waals surface area contributed by atoms with Crippen molar-refractivity contribution in [2.24, 2.45) is 0 Å². The van der Waals surface area contributed by atoms with Crippen molar-refractivity contribution >= 4 is 6.29 Å². The molecule has 0 atom stereocenters. The van der Waals surface area contributed by atoms with E-state index in [2.05, 4.69) is 0 Å². The predicted molar refractivity (Wildman–Crippen MR) is 48.0 cm³/mol. The van der Waals surface area contributed by atoms with Crippen LogP contribution in [0.1, 0.15) is 10.4 Å². The van der Waals surface area contributed by atoms with E-state index in [0.29, 0.717) is 19.4 Å². The number of carbonyl (C=O) groups is 1. The quantitative estimate of drug-likeness (QED) is 0.628. The highest BCUT2D eigenvalue weighted by molar-refractivity contribution is 5.73. The van der Waals surface area contributed by atoms with Crippen LogP contribution in [0.5, 0.6) is 0 Å². The SMILES string of the molecule is COCCn1cccc(C=O)c1=O. The summed E-state index contributed by atoms with van der Waals surface area (Å²) in [6.45, 7) is 0.930. The van der Waals surface area contributed by atoms with Gasteiger partial charge in [-0.25, -0.2) is 0 Å². The average Bonchev–Trinajstić information content (AvgIpc) is 2.16. The van der Waals surface area contributed by atoms with Gasteiger partial charge in [0.25, 0.3) is 5.56 Å². The summed E-state index contributed by atoms with van der Waals surface area (Å²) in [4.78, 5) is 21.8. The molecule has 1 aromatic rings. The van der Waals surface area contributed by atoms with E-state index in [4.69, 9.17) is 4.74 Å². The number of aromatic nitrogens is 1. The van der Waals surface area contributed by atoms with Gasteiger partial charge < -0.3 is 9.30 Å². The summed E-state index contributed by atoms with van der Waals surface area (Å²) < 4.78 is 6.28. The van der Waals surface area contributed by atoms with Gasteiger partial charge in [0.05, 0.1) is 12.2 Å². The van der Waals surface area contributed by atoms with E-state index in [1.54, 1.807) is 19.4 Å². The van der Waals surface area contributed by atoms with Crippen LogP contribution in [-0.2, 0) is 11.3 Å². The van der Waals surface area contributed by atoms with Crippen molar-refractivity contribution in [2.75, 3.05) is 13.7 Å². The Balaban J connectivity index is 2.95. The van der Waals surface area contributed by atoms with Gasteiger partial charge in [-0.15, -0.1) is 0 Å². The zero-order valence-corrected chi connectivity index (χ0v) is 7.40. The van der Waals surface area contributed by atoms with Gasteiger partial charge in [-0.2, -0.15) is 0 Å². The number of hydrogen-bond acceptors (Lipinski definition) is 3. The zero-order valence-electron chi connectivity index (χ0n) is 7.40. The van der Waals surface area contributed by atoms with Crippen molar-refractivity contribution in [3.8, 4) is 0 Å². The number of carbonyl (C=O) groups excluding carboxylic acids is 1. The minimum atomic E-state index is -0.269. The molecule has 0 aliphatic heterocycles. The minimum absolute atomic E-state index is 0.179. The van der Waals surface area contributed by atoms with Crippen molar-refractivity contribution in [3.05, 3.63) is 34.2 Å². The molecule has 0 saturated heterocycles. The summed E-state index contributed by atoms with van der Waals surface area (Å²) in [7, 11) is 1.56. The Kier molecular flexibility index (Phi) is 3.40. The average molecular weight is 181 g/mol. The highest BCUT2D eigenvalue weighted by atomic mass is 16.5. The lowest BCUT2D eigenvalue weighted by Crippen LogP contribution is -2.24. The molecule has 0 aromatic carbocycles. The summed E-state index contributed by atoms with van der Waals surface area (Å²) in [5.41, 5.74) is -0.0897. The molecule has 0 spiro atoms. The third-order valence-electron chi connectivity index (χ3n) is 1.71. The highest BCUT2D eigenvalue weighted by Gasteiger charge is 2.00. The van der Waals surface area contributed by atoms with Crippen molar-refractivity contribution in [3.63, 3.8) is 0 Å². The smallest absolute Gasteiger partial charge is 0.261 e. The van der Waals surface area contributed by atoms with E-state index in [9.17, 15) is 9.59 Å². The molecule has 0 amide bonds. The van der Waals surface area contributed by atoms with E-state index >= 15 is 0 Å². The van der Waals surface area contributed by atoms with Gasteiger partial charge >= 0.3 is 0 Å². The standard InChI is InChI=1S/C9H11NO3/c1-13-6-5-10-4-2-3-8(7-11)9(10)12/h2-4,7H,5-6H2,1H3. The summed E-state index contributed by atoms with van der Waals surface area (Å²) in [6, 6.07) is 3.17. The summed E-state index contributed by atoms with van der Waals surface area (Å²) in [5, 5.41) is 0. The molecule has 1 rings (SSSR count). The molecule has 13 heavy (non-hydrogen) atoms. The molecule has 0 unspecified atom stereocenters. The van der Waals surface area contributed by atoms with Crippen LogP contribution in [0.3, 0.4) is 0 Å². The maximum Gasteiger partial charge on any atom is 0.261 e. The summed E-state index contributed by atoms with van der Waals surface area (Å²) >= 11 is 0. The van der Waals surface area contributed by atoms with Gasteiger partial charge in [0, 0.05) is 19.9 Å². The van der Waals surface area contributed by atoms with Crippen LogP contribution in [0, 0.1) is 0 Å². The Morgan fingerprint density at radius 3 is 3.00 bits per heavy atom. The van der Waals surface area contributed by atoms with Gasteiger partial charge in [0.15, 0.2) is 6.29 Å². The maximum atomic E-state index is 11.4. The molecule has 0 fully saturated rings. The first kappa shape index (κ1) is 9.67. The third-order valence-corrected chi connectivity index (χ3v) is 1.71. The third kappa shape index (κ3) is 2.26. The van der Waals surface area contributed by atoms with Crippen LogP contribution >= 0.6 is 0 Å². The van der Waals surface area contributed by atoms with Crippen LogP contribution in [0.15, 0.2) is 23.1 Å². The Morgan fingerprint density at radius 2 is 2.38 bits per heavy atom. The van der Waals surface area contributed by atoms with Gasteiger partial charge in [0.1, 0.15) is 0 Å². The Hall–Kier alpha value is -1.42. The van der Waals surface area contributed by atoms with Gasteiger partial charge in [-0.3, -0.25) is 9.59 Å². The first-order chi connectivity index (χ1) is 6.29. The number of rotatable bonds is 4. The minimum Gasteiger partial charge on any atom is -0.383 e. The fourth-order valence-corrected chi connectivity index (χ4v) is 1.01. The van der Waals surface area contributed by atoms with Gasteiger partial charge in [0.2, 0.25) is 0 Å². The molecule has 1 heterocycles.